The molecule has 114 valence electrons. The maximum Gasteiger partial charge on any atom is 0.335 e. The van der Waals surface area contributed by atoms with Crippen molar-refractivity contribution >= 4 is 23.5 Å². The van der Waals surface area contributed by atoms with Gasteiger partial charge in [-0.25, -0.2) is 9.18 Å². The predicted octanol–water partition coefficient (Wildman–Crippen LogP) is 3.15. The first kappa shape index (κ1) is 16.0. The highest BCUT2D eigenvalue weighted by molar-refractivity contribution is 6.34. The molecule has 1 amide bonds. The fraction of sp³-hybridized carbons (Fsp3) is 0.125. The summed E-state index contributed by atoms with van der Waals surface area (Å²) in [6.45, 7) is 0.286. The van der Waals surface area contributed by atoms with Crippen LogP contribution < -0.4 is 5.32 Å². The first-order valence-electron chi connectivity index (χ1n) is 6.53. The van der Waals surface area contributed by atoms with Gasteiger partial charge in [-0.1, -0.05) is 29.8 Å². The molecule has 0 fully saturated rings. The molecule has 0 aliphatic carbocycles. The van der Waals surface area contributed by atoms with Crippen LogP contribution in [0.25, 0.3) is 0 Å². The van der Waals surface area contributed by atoms with Gasteiger partial charge in [-0.3, -0.25) is 4.79 Å². The normalized spacial score (nSPS) is 10.3. The van der Waals surface area contributed by atoms with Crippen LogP contribution in [-0.2, 0) is 6.42 Å². The Morgan fingerprint density at radius 3 is 2.64 bits per heavy atom. The van der Waals surface area contributed by atoms with Gasteiger partial charge in [-0.15, -0.1) is 0 Å². The molecule has 0 aliphatic heterocycles. The van der Waals surface area contributed by atoms with E-state index >= 15 is 0 Å². The van der Waals surface area contributed by atoms with Crippen molar-refractivity contribution in [3.05, 3.63) is 70.0 Å². The third-order valence-electron chi connectivity index (χ3n) is 3.07. The molecule has 2 aromatic rings. The highest BCUT2D eigenvalue weighted by Crippen LogP contribution is 2.19. The molecule has 0 aromatic heterocycles. The Bertz CT molecular complexity index is 718. The van der Waals surface area contributed by atoms with Crippen molar-refractivity contribution in [2.24, 2.45) is 0 Å². The van der Waals surface area contributed by atoms with Crippen LogP contribution in [0.4, 0.5) is 4.39 Å². The number of hydrogen-bond donors (Lipinski definition) is 2. The first-order valence-corrected chi connectivity index (χ1v) is 6.91. The Kier molecular flexibility index (Phi) is 5.12. The van der Waals surface area contributed by atoms with Crippen molar-refractivity contribution in [1.29, 1.82) is 0 Å². The maximum atomic E-state index is 13.3. The third kappa shape index (κ3) is 3.83. The van der Waals surface area contributed by atoms with Gasteiger partial charge in [-0.2, -0.15) is 0 Å². The molecule has 22 heavy (non-hydrogen) atoms. The van der Waals surface area contributed by atoms with E-state index in [2.05, 4.69) is 5.32 Å². The van der Waals surface area contributed by atoms with E-state index in [9.17, 15) is 14.0 Å². The van der Waals surface area contributed by atoms with Crippen LogP contribution in [0.5, 0.6) is 0 Å². The van der Waals surface area contributed by atoms with E-state index in [-0.39, 0.29) is 22.7 Å². The van der Waals surface area contributed by atoms with E-state index in [1.54, 1.807) is 18.2 Å². The molecule has 4 nitrogen and oxygen atoms in total. The lowest BCUT2D eigenvalue weighted by Crippen LogP contribution is -2.26. The molecule has 0 unspecified atom stereocenters. The van der Waals surface area contributed by atoms with E-state index < -0.39 is 17.7 Å². The molecular weight excluding hydrogens is 309 g/mol. The number of carbonyl (C=O) groups excluding carboxylic acids is 1. The Balaban J connectivity index is 1.96. The molecule has 0 atom stereocenters. The number of halogens is 2. The predicted molar refractivity (Wildman–Crippen MR) is 80.8 cm³/mol. The summed E-state index contributed by atoms with van der Waals surface area (Å²) >= 11 is 5.74. The molecule has 0 aliphatic rings. The molecule has 2 aromatic carbocycles. The van der Waals surface area contributed by atoms with Crippen LogP contribution in [0, 0.1) is 5.82 Å². The zero-order valence-electron chi connectivity index (χ0n) is 11.5. The smallest absolute Gasteiger partial charge is 0.335 e. The lowest BCUT2D eigenvalue weighted by molar-refractivity contribution is 0.0696. The average molecular weight is 322 g/mol. The van der Waals surface area contributed by atoms with Crippen molar-refractivity contribution in [2.75, 3.05) is 6.54 Å². The summed E-state index contributed by atoms with van der Waals surface area (Å²) in [5.41, 5.74) is 1.04. The van der Waals surface area contributed by atoms with E-state index in [0.717, 1.165) is 5.56 Å². The summed E-state index contributed by atoms with van der Waals surface area (Å²) in [7, 11) is 0. The molecular formula is C16H13ClFNO3. The second-order valence-electron chi connectivity index (χ2n) is 4.61. The summed E-state index contributed by atoms with van der Waals surface area (Å²) in [5.74, 6) is -2.13. The second-order valence-corrected chi connectivity index (χ2v) is 4.99. The van der Waals surface area contributed by atoms with Crippen molar-refractivity contribution < 1.29 is 19.1 Å². The standard InChI is InChI=1S/C16H13ClFNO3/c17-14-12(5-2-6-13(14)18)15(20)19-8-7-10-3-1-4-11(9-10)16(21)22/h1-6,9H,7-8H2,(H,19,20)(H,21,22). The zero-order valence-corrected chi connectivity index (χ0v) is 12.2. The van der Waals surface area contributed by atoms with Gasteiger partial charge < -0.3 is 10.4 Å². The minimum absolute atomic E-state index is 0.0703. The fourth-order valence-corrected chi connectivity index (χ4v) is 2.17. The summed E-state index contributed by atoms with van der Waals surface area (Å²) in [6, 6.07) is 10.5. The van der Waals surface area contributed by atoms with Crippen LogP contribution in [-0.4, -0.2) is 23.5 Å². The molecule has 0 saturated heterocycles. The van der Waals surface area contributed by atoms with Gasteiger partial charge in [0.1, 0.15) is 5.82 Å². The average Bonchev–Trinajstić information content (AvgIpc) is 2.50. The highest BCUT2D eigenvalue weighted by Gasteiger charge is 2.12. The number of amides is 1. The van der Waals surface area contributed by atoms with Crippen LogP contribution in [0.2, 0.25) is 5.02 Å². The van der Waals surface area contributed by atoms with Gasteiger partial charge in [0.2, 0.25) is 0 Å². The third-order valence-corrected chi connectivity index (χ3v) is 3.45. The number of carboxylic acid groups (broad SMARTS) is 1. The number of carboxylic acids is 1. The highest BCUT2D eigenvalue weighted by atomic mass is 35.5. The van der Waals surface area contributed by atoms with Crippen molar-refractivity contribution in [3.63, 3.8) is 0 Å². The van der Waals surface area contributed by atoms with E-state index in [1.165, 1.54) is 24.3 Å². The molecule has 6 heteroatoms. The zero-order chi connectivity index (χ0) is 16.1. The van der Waals surface area contributed by atoms with Crippen molar-refractivity contribution in [1.82, 2.24) is 5.32 Å². The SMILES string of the molecule is O=C(O)c1cccc(CCNC(=O)c2cccc(F)c2Cl)c1. The van der Waals surface area contributed by atoms with E-state index in [4.69, 9.17) is 16.7 Å². The summed E-state index contributed by atoms with van der Waals surface area (Å²) in [6.07, 6.45) is 0.458. The monoisotopic (exact) mass is 321 g/mol. The second kappa shape index (κ2) is 7.04. The Morgan fingerprint density at radius 2 is 1.91 bits per heavy atom. The largest absolute Gasteiger partial charge is 0.478 e. The molecule has 0 heterocycles. The van der Waals surface area contributed by atoms with Crippen LogP contribution in [0.15, 0.2) is 42.5 Å². The first-order chi connectivity index (χ1) is 10.5. The molecule has 0 saturated carbocycles. The number of carbonyl (C=O) groups is 2. The lowest BCUT2D eigenvalue weighted by atomic mass is 10.1. The quantitative estimate of drug-likeness (QED) is 0.889. The Labute approximate surface area is 131 Å². The lowest BCUT2D eigenvalue weighted by Gasteiger charge is -2.07. The van der Waals surface area contributed by atoms with Gasteiger partial charge in [0, 0.05) is 6.54 Å². The topological polar surface area (TPSA) is 66.4 Å². The van der Waals surface area contributed by atoms with Gasteiger partial charge in [0.25, 0.3) is 5.91 Å². The van der Waals surface area contributed by atoms with E-state index in [0.29, 0.717) is 6.42 Å². The van der Waals surface area contributed by atoms with Gasteiger partial charge in [0.05, 0.1) is 16.1 Å². The fourth-order valence-electron chi connectivity index (χ4n) is 1.95. The Morgan fingerprint density at radius 1 is 1.18 bits per heavy atom. The summed E-state index contributed by atoms with van der Waals surface area (Å²) in [5, 5.41) is 11.3. The van der Waals surface area contributed by atoms with Crippen molar-refractivity contribution in [2.45, 2.75) is 6.42 Å². The Hall–Kier alpha value is -2.40. The number of rotatable bonds is 5. The minimum Gasteiger partial charge on any atom is -0.478 e. The molecule has 0 spiro atoms. The molecule has 0 bridgehead atoms. The van der Waals surface area contributed by atoms with E-state index in [1.807, 2.05) is 0 Å². The van der Waals surface area contributed by atoms with Crippen molar-refractivity contribution in [3.8, 4) is 0 Å². The maximum absolute atomic E-state index is 13.3. The van der Waals surface area contributed by atoms with Gasteiger partial charge in [-0.05, 0) is 36.2 Å². The van der Waals surface area contributed by atoms with Crippen LogP contribution in [0.3, 0.4) is 0 Å². The van der Waals surface area contributed by atoms with Gasteiger partial charge >= 0.3 is 5.97 Å². The molecule has 2 rings (SSSR count). The number of benzene rings is 2. The molecule has 0 radical (unpaired) electrons. The molecule has 2 N–H and O–H groups in total. The summed E-state index contributed by atoms with van der Waals surface area (Å²) in [4.78, 5) is 22.8. The van der Waals surface area contributed by atoms with Gasteiger partial charge in [0.15, 0.2) is 0 Å². The van der Waals surface area contributed by atoms with Crippen LogP contribution in [0.1, 0.15) is 26.3 Å². The number of nitrogens with one attached hydrogen (secondary N) is 1. The number of aromatic carboxylic acids is 1. The summed E-state index contributed by atoms with van der Waals surface area (Å²) < 4.78 is 13.3. The number of hydrogen-bond acceptors (Lipinski definition) is 2. The van der Waals surface area contributed by atoms with Crippen LogP contribution >= 0.6 is 11.6 Å². The minimum atomic E-state index is -1.00.